The van der Waals surface area contributed by atoms with E-state index in [0.717, 1.165) is 30.0 Å². The summed E-state index contributed by atoms with van der Waals surface area (Å²) in [6, 6.07) is 13.3. The van der Waals surface area contributed by atoms with Crippen molar-refractivity contribution in [3.05, 3.63) is 59.3 Å². The first-order valence-corrected chi connectivity index (χ1v) is 10.0. The Balaban J connectivity index is 1.47. The molecule has 0 bridgehead atoms. The summed E-state index contributed by atoms with van der Waals surface area (Å²) in [6.45, 7) is 3.60. The number of pyridine rings is 1. The van der Waals surface area contributed by atoms with Gasteiger partial charge in [-0.2, -0.15) is 5.26 Å². The third-order valence-electron chi connectivity index (χ3n) is 5.82. The van der Waals surface area contributed by atoms with Crippen LogP contribution in [0.1, 0.15) is 29.0 Å². The first-order valence-electron chi connectivity index (χ1n) is 10.0. The lowest BCUT2D eigenvalue weighted by molar-refractivity contribution is 0.0297. The molecule has 4 atom stereocenters. The average Bonchev–Trinajstić information content (AvgIpc) is 3.07. The lowest BCUT2D eigenvalue weighted by atomic mass is 9.94. The Kier molecular flexibility index (Phi) is 6.07. The number of nitriles is 1. The van der Waals surface area contributed by atoms with Crippen molar-refractivity contribution in [1.29, 1.82) is 5.26 Å². The van der Waals surface area contributed by atoms with Gasteiger partial charge < -0.3 is 25.2 Å². The van der Waals surface area contributed by atoms with Gasteiger partial charge in [-0.1, -0.05) is 18.2 Å². The van der Waals surface area contributed by atoms with Crippen LogP contribution in [0.4, 0.5) is 5.82 Å². The summed E-state index contributed by atoms with van der Waals surface area (Å²) >= 11 is 0. The maximum Gasteiger partial charge on any atom is 0.128 e. The van der Waals surface area contributed by atoms with E-state index < -0.39 is 12.2 Å². The molecule has 2 aliphatic rings. The first kappa shape index (κ1) is 19.8. The summed E-state index contributed by atoms with van der Waals surface area (Å²) in [7, 11) is 0. The van der Waals surface area contributed by atoms with Gasteiger partial charge in [0.15, 0.2) is 0 Å². The molecule has 0 spiro atoms. The fourth-order valence-electron chi connectivity index (χ4n) is 4.21. The Labute approximate surface area is 170 Å². The second-order valence-corrected chi connectivity index (χ2v) is 7.67. The van der Waals surface area contributed by atoms with E-state index in [2.05, 4.69) is 21.3 Å². The molecule has 0 radical (unpaired) electrons. The molecule has 29 heavy (non-hydrogen) atoms. The number of nitrogens with one attached hydrogen (secondary N) is 1. The van der Waals surface area contributed by atoms with Gasteiger partial charge in [-0.15, -0.1) is 0 Å². The zero-order valence-electron chi connectivity index (χ0n) is 16.2. The normalized spacial score (nSPS) is 27.0. The van der Waals surface area contributed by atoms with E-state index in [1.807, 2.05) is 36.5 Å². The average molecular weight is 394 g/mol. The highest BCUT2D eigenvalue weighted by atomic mass is 16.5. The number of aromatic nitrogens is 1. The second-order valence-electron chi connectivity index (χ2n) is 7.67. The molecule has 1 aliphatic heterocycles. The molecular weight excluding hydrogens is 368 g/mol. The molecule has 1 saturated carbocycles. The fraction of sp³-hybridized carbons (Fsp3) is 0.455. The van der Waals surface area contributed by atoms with Crippen LogP contribution >= 0.6 is 0 Å². The van der Waals surface area contributed by atoms with E-state index >= 15 is 0 Å². The van der Waals surface area contributed by atoms with Crippen molar-refractivity contribution in [2.24, 2.45) is 0 Å². The highest BCUT2D eigenvalue weighted by Gasteiger charge is 2.42. The van der Waals surface area contributed by atoms with Crippen LogP contribution in [0.15, 0.2) is 42.6 Å². The minimum absolute atomic E-state index is 0.0367. The molecule has 1 saturated heterocycles. The van der Waals surface area contributed by atoms with E-state index in [4.69, 9.17) is 10.00 Å². The van der Waals surface area contributed by atoms with Crippen LogP contribution in [0.25, 0.3) is 0 Å². The standard InChI is InChI=1S/C22H26N4O3/c23-12-15-2-1-3-16(10-15)13-25-21-18(11-19(27)22(21)28)17-4-5-20(24-14-17)26-6-8-29-9-7-26/h1-5,10,14,18-19,21-22,25,27-28H,6-9,11,13H2/t18-,19-,21-,22-/m1/s1. The quantitative estimate of drug-likeness (QED) is 0.699. The molecule has 2 aromatic rings. The van der Waals surface area contributed by atoms with Gasteiger partial charge in [-0.05, 0) is 35.7 Å². The van der Waals surface area contributed by atoms with E-state index in [0.29, 0.717) is 31.7 Å². The van der Waals surface area contributed by atoms with Gasteiger partial charge in [0, 0.05) is 37.8 Å². The van der Waals surface area contributed by atoms with E-state index in [-0.39, 0.29) is 12.0 Å². The summed E-state index contributed by atoms with van der Waals surface area (Å²) in [5.41, 5.74) is 2.58. The van der Waals surface area contributed by atoms with Crippen LogP contribution in [0.5, 0.6) is 0 Å². The molecular formula is C22H26N4O3. The molecule has 2 heterocycles. The zero-order valence-corrected chi connectivity index (χ0v) is 16.2. The molecule has 0 unspecified atom stereocenters. The Morgan fingerprint density at radius 2 is 2.03 bits per heavy atom. The Morgan fingerprint density at radius 1 is 1.21 bits per heavy atom. The number of hydrogen-bond donors (Lipinski definition) is 3. The summed E-state index contributed by atoms with van der Waals surface area (Å²) < 4.78 is 5.39. The fourth-order valence-corrected chi connectivity index (χ4v) is 4.21. The summed E-state index contributed by atoms with van der Waals surface area (Å²) in [4.78, 5) is 6.81. The van der Waals surface area contributed by atoms with Crippen LogP contribution in [-0.2, 0) is 11.3 Å². The monoisotopic (exact) mass is 394 g/mol. The second kappa shape index (κ2) is 8.89. The smallest absolute Gasteiger partial charge is 0.128 e. The summed E-state index contributed by atoms with van der Waals surface area (Å²) in [5, 5.41) is 33.2. The Hall–Kier alpha value is -2.50. The molecule has 152 valence electrons. The molecule has 3 N–H and O–H groups in total. The number of anilines is 1. The highest BCUT2D eigenvalue weighted by molar-refractivity contribution is 5.41. The third kappa shape index (κ3) is 4.41. The molecule has 4 rings (SSSR count). The lowest BCUT2D eigenvalue weighted by Crippen LogP contribution is -2.42. The minimum atomic E-state index is -0.849. The van der Waals surface area contributed by atoms with Crippen molar-refractivity contribution in [3.63, 3.8) is 0 Å². The Bertz CT molecular complexity index is 861. The predicted molar refractivity (Wildman–Crippen MR) is 108 cm³/mol. The van der Waals surface area contributed by atoms with Crippen molar-refractivity contribution in [3.8, 4) is 6.07 Å². The summed E-state index contributed by atoms with van der Waals surface area (Å²) in [5.74, 6) is 0.888. The van der Waals surface area contributed by atoms with Crippen LogP contribution < -0.4 is 10.2 Å². The number of morpholine rings is 1. The van der Waals surface area contributed by atoms with Crippen molar-refractivity contribution in [2.75, 3.05) is 31.2 Å². The van der Waals surface area contributed by atoms with Crippen LogP contribution in [0.3, 0.4) is 0 Å². The predicted octanol–water partition coefficient (Wildman–Crippen LogP) is 1.16. The summed E-state index contributed by atoms with van der Waals surface area (Å²) in [6.07, 6.45) is 0.709. The number of ether oxygens (including phenoxy) is 1. The van der Waals surface area contributed by atoms with Crippen LogP contribution in [-0.4, -0.2) is 59.8 Å². The van der Waals surface area contributed by atoms with Gasteiger partial charge in [-0.3, -0.25) is 0 Å². The lowest BCUT2D eigenvalue weighted by Gasteiger charge is -2.28. The van der Waals surface area contributed by atoms with E-state index in [1.165, 1.54) is 0 Å². The van der Waals surface area contributed by atoms with Crippen molar-refractivity contribution >= 4 is 5.82 Å². The largest absolute Gasteiger partial charge is 0.390 e. The topological polar surface area (TPSA) is 102 Å². The molecule has 1 aliphatic carbocycles. The molecule has 2 fully saturated rings. The molecule has 0 amide bonds. The number of aliphatic hydroxyl groups is 2. The van der Waals surface area contributed by atoms with Gasteiger partial charge in [0.05, 0.1) is 37.1 Å². The SMILES string of the molecule is N#Cc1cccc(CN[C@H]2[C@H](O)[C@H](O)C[C@@H]2c2ccc(N3CCOCC3)nc2)c1. The van der Waals surface area contributed by atoms with Crippen LogP contribution in [0.2, 0.25) is 0 Å². The van der Waals surface area contributed by atoms with Crippen molar-refractivity contribution in [2.45, 2.75) is 37.1 Å². The number of benzene rings is 1. The zero-order chi connectivity index (χ0) is 20.2. The maximum absolute atomic E-state index is 10.5. The first-order chi connectivity index (χ1) is 14.2. The minimum Gasteiger partial charge on any atom is -0.390 e. The van der Waals surface area contributed by atoms with E-state index in [1.54, 1.807) is 6.07 Å². The van der Waals surface area contributed by atoms with Gasteiger partial charge in [-0.25, -0.2) is 4.98 Å². The Morgan fingerprint density at radius 3 is 2.76 bits per heavy atom. The highest BCUT2D eigenvalue weighted by Crippen LogP contribution is 2.35. The number of aliphatic hydroxyl groups excluding tert-OH is 2. The molecule has 7 heteroatoms. The van der Waals surface area contributed by atoms with Gasteiger partial charge in [0.2, 0.25) is 0 Å². The third-order valence-corrected chi connectivity index (χ3v) is 5.82. The van der Waals surface area contributed by atoms with Gasteiger partial charge >= 0.3 is 0 Å². The molecule has 1 aromatic carbocycles. The maximum atomic E-state index is 10.5. The van der Waals surface area contributed by atoms with Gasteiger partial charge in [0.1, 0.15) is 5.82 Å². The van der Waals surface area contributed by atoms with Gasteiger partial charge in [0.25, 0.3) is 0 Å². The van der Waals surface area contributed by atoms with Crippen molar-refractivity contribution in [1.82, 2.24) is 10.3 Å². The number of nitrogens with zero attached hydrogens (tertiary/aromatic N) is 3. The van der Waals surface area contributed by atoms with E-state index in [9.17, 15) is 10.2 Å². The number of hydrogen-bond acceptors (Lipinski definition) is 7. The molecule has 1 aromatic heterocycles. The van der Waals surface area contributed by atoms with Crippen molar-refractivity contribution < 1.29 is 14.9 Å². The number of rotatable bonds is 5. The van der Waals surface area contributed by atoms with Crippen LogP contribution in [0, 0.1) is 11.3 Å². The molecule has 7 nitrogen and oxygen atoms in total.